The third-order valence-corrected chi connectivity index (χ3v) is 3.95. The minimum Gasteiger partial charge on any atom is -0.462 e. The van der Waals surface area contributed by atoms with E-state index >= 15 is 0 Å². The number of hydrogen-bond acceptors (Lipinski definition) is 4. The summed E-state index contributed by atoms with van der Waals surface area (Å²) in [5, 5.41) is 2.63. The first kappa shape index (κ1) is 18.9. The van der Waals surface area contributed by atoms with E-state index in [4.69, 9.17) is 4.74 Å². The Morgan fingerprint density at radius 1 is 1.08 bits per heavy atom. The lowest BCUT2D eigenvalue weighted by Gasteiger charge is -2.11. The van der Waals surface area contributed by atoms with Gasteiger partial charge in [0.15, 0.2) is 5.78 Å². The van der Waals surface area contributed by atoms with Crippen molar-refractivity contribution in [1.29, 1.82) is 0 Å². The van der Waals surface area contributed by atoms with Crippen LogP contribution in [0, 0.1) is 0 Å². The van der Waals surface area contributed by atoms with E-state index in [1.165, 1.54) is 19.1 Å². The van der Waals surface area contributed by atoms with Crippen molar-refractivity contribution in [1.82, 2.24) is 0 Å². The first-order valence-corrected chi connectivity index (χ1v) is 8.56. The monoisotopic (exact) mass is 403 g/mol. The number of Topliss-reactive ketones (excluding diaryl/α,β-unsaturated/α-hetero) is 1. The highest BCUT2D eigenvalue weighted by atomic mass is 79.9. The average molecular weight is 404 g/mol. The minimum absolute atomic E-state index is 0.159. The van der Waals surface area contributed by atoms with Crippen molar-refractivity contribution in [3.63, 3.8) is 0 Å². The number of halogens is 1. The van der Waals surface area contributed by atoms with E-state index in [-0.39, 0.29) is 35.8 Å². The smallest absolute Gasteiger partial charge is 0.338 e. The Kier molecular flexibility index (Phi) is 6.47. The summed E-state index contributed by atoms with van der Waals surface area (Å²) < 4.78 is 5.90. The van der Waals surface area contributed by atoms with Crippen molar-refractivity contribution in [2.75, 3.05) is 11.9 Å². The van der Waals surface area contributed by atoms with Crippen LogP contribution in [0.25, 0.3) is 0 Å². The van der Waals surface area contributed by atoms with Gasteiger partial charge >= 0.3 is 5.97 Å². The molecule has 1 amide bonds. The summed E-state index contributed by atoms with van der Waals surface area (Å²) in [6, 6.07) is 11.9. The highest BCUT2D eigenvalue weighted by molar-refractivity contribution is 9.10. The van der Waals surface area contributed by atoms with Gasteiger partial charge in [-0.1, -0.05) is 28.1 Å². The van der Waals surface area contributed by atoms with Crippen molar-refractivity contribution in [3.8, 4) is 0 Å². The number of benzene rings is 2. The topological polar surface area (TPSA) is 72.5 Å². The number of esters is 1. The second-order valence-corrected chi connectivity index (χ2v) is 6.30. The van der Waals surface area contributed by atoms with Crippen LogP contribution in [0.15, 0.2) is 46.9 Å². The van der Waals surface area contributed by atoms with Gasteiger partial charge in [0.25, 0.3) is 0 Å². The van der Waals surface area contributed by atoms with Crippen LogP contribution in [0.4, 0.5) is 5.69 Å². The predicted octanol–water partition coefficient (Wildman–Crippen LogP) is 4.01. The Bertz CT molecular complexity index is 800. The molecule has 5 nitrogen and oxygen atoms in total. The summed E-state index contributed by atoms with van der Waals surface area (Å²) in [6.45, 7) is 3.32. The molecule has 0 radical (unpaired) electrons. The number of carbonyl (C=O) groups is 3. The summed E-state index contributed by atoms with van der Waals surface area (Å²) in [7, 11) is 0. The number of nitrogens with one attached hydrogen (secondary N) is 1. The Morgan fingerprint density at radius 3 is 2.36 bits per heavy atom. The van der Waals surface area contributed by atoms with Crippen LogP contribution in [0.3, 0.4) is 0 Å². The Balaban J connectivity index is 2.34. The first-order valence-electron chi connectivity index (χ1n) is 7.77. The maximum atomic E-state index is 12.7. The average Bonchev–Trinajstić information content (AvgIpc) is 2.57. The molecule has 0 bridgehead atoms. The molecule has 0 aromatic heterocycles. The summed E-state index contributed by atoms with van der Waals surface area (Å²) in [5.41, 5.74) is 1.77. The first-order chi connectivity index (χ1) is 11.9. The second kappa shape index (κ2) is 8.58. The van der Waals surface area contributed by atoms with Gasteiger partial charge in [-0.3, -0.25) is 9.59 Å². The molecule has 0 unspecified atom stereocenters. The number of amides is 1. The molecule has 0 aliphatic rings. The van der Waals surface area contributed by atoms with Crippen LogP contribution in [-0.2, 0) is 16.0 Å². The van der Waals surface area contributed by atoms with E-state index in [2.05, 4.69) is 21.2 Å². The largest absolute Gasteiger partial charge is 0.462 e. The van der Waals surface area contributed by atoms with Gasteiger partial charge in [-0.25, -0.2) is 4.79 Å². The summed E-state index contributed by atoms with van der Waals surface area (Å²) >= 11 is 3.35. The van der Waals surface area contributed by atoms with Gasteiger partial charge in [0.2, 0.25) is 5.91 Å². The molecule has 0 aliphatic carbocycles. The molecule has 0 heterocycles. The Hall–Kier alpha value is -2.47. The molecule has 130 valence electrons. The summed E-state index contributed by atoms with van der Waals surface area (Å²) in [4.78, 5) is 36.0. The van der Waals surface area contributed by atoms with Gasteiger partial charge in [0.05, 0.1) is 17.9 Å². The number of ether oxygens (including phenoxy) is 1. The zero-order chi connectivity index (χ0) is 18.4. The lowest BCUT2D eigenvalue weighted by molar-refractivity contribution is -0.114. The number of ketones is 1. The maximum Gasteiger partial charge on any atom is 0.338 e. The van der Waals surface area contributed by atoms with E-state index in [1.807, 2.05) is 24.3 Å². The fourth-order valence-corrected chi connectivity index (χ4v) is 2.56. The molecule has 6 heteroatoms. The molecular weight excluding hydrogens is 386 g/mol. The number of anilines is 1. The number of carbonyl (C=O) groups excluding carboxylic acids is 3. The second-order valence-electron chi connectivity index (χ2n) is 5.39. The third-order valence-electron chi connectivity index (χ3n) is 3.42. The van der Waals surface area contributed by atoms with E-state index in [1.54, 1.807) is 13.0 Å². The molecule has 0 saturated carbocycles. The van der Waals surface area contributed by atoms with Crippen LogP contribution in [0.1, 0.15) is 40.1 Å². The van der Waals surface area contributed by atoms with Crippen molar-refractivity contribution in [2.45, 2.75) is 20.3 Å². The fraction of sp³-hybridized carbons (Fsp3) is 0.211. The minimum atomic E-state index is -0.505. The zero-order valence-corrected chi connectivity index (χ0v) is 15.6. The van der Waals surface area contributed by atoms with Crippen LogP contribution in [0.5, 0.6) is 0 Å². The molecule has 0 aliphatic heterocycles. The summed E-state index contributed by atoms with van der Waals surface area (Å²) in [5.74, 6) is -0.992. The quantitative estimate of drug-likeness (QED) is 0.583. The van der Waals surface area contributed by atoms with Gasteiger partial charge in [-0.05, 0) is 42.8 Å². The lowest BCUT2D eigenvalue weighted by Crippen LogP contribution is -2.14. The molecule has 0 atom stereocenters. The van der Waals surface area contributed by atoms with Crippen molar-refractivity contribution >= 4 is 39.3 Å². The van der Waals surface area contributed by atoms with Crippen LogP contribution >= 0.6 is 15.9 Å². The van der Waals surface area contributed by atoms with Crippen LogP contribution in [-0.4, -0.2) is 24.3 Å². The maximum absolute atomic E-state index is 12.7. The van der Waals surface area contributed by atoms with E-state index < -0.39 is 5.97 Å². The Labute approximate surface area is 154 Å². The summed E-state index contributed by atoms with van der Waals surface area (Å²) in [6.07, 6.45) is 0.159. The van der Waals surface area contributed by atoms with E-state index in [9.17, 15) is 14.4 Å². The molecule has 0 spiro atoms. The van der Waals surface area contributed by atoms with Crippen molar-refractivity contribution < 1.29 is 19.1 Å². The molecule has 2 rings (SSSR count). The van der Waals surface area contributed by atoms with Crippen molar-refractivity contribution in [2.24, 2.45) is 0 Å². The van der Waals surface area contributed by atoms with Gasteiger partial charge in [0.1, 0.15) is 0 Å². The zero-order valence-electron chi connectivity index (χ0n) is 14.0. The van der Waals surface area contributed by atoms with Crippen LogP contribution in [0.2, 0.25) is 0 Å². The number of rotatable bonds is 6. The molecule has 25 heavy (non-hydrogen) atoms. The van der Waals surface area contributed by atoms with Gasteiger partial charge in [-0.15, -0.1) is 0 Å². The van der Waals surface area contributed by atoms with Gasteiger partial charge < -0.3 is 10.1 Å². The highest BCUT2D eigenvalue weighted by Gasteiger charge is 2.17. The Morgan fingerprint density at radius 2 is 1.76 bits per heavy atom. The molecule has 2 aromatic rings. The fourth-order valence-electron chi connectivity index (χ4n) is 2.30. The van der Waals surface area contributed by atoms with Gasteiger partial charge in [0, 0.05) is 23.4 Å². The number of hydrogen-bond donors (Lipinski definition) is 1. The molecule has 0 saturated heterocycles. The molecule has 0 fully saturated rings. The normalized spacial score (nSPS) is 10.2. The SMILES string of the molecule is CCOC(=O)c1ccc(NC(C)=O)c(C(=O)Cc2ccc(Br)cc2)c1. The van der Waals surface area contributed by atoms with E-state index in [0.29, 0.717) is 5.69 Å². The van der Waals surface area contributed by atoms with E-state index in [0.717, 1.165) is 10.0 Å². The lowest BCUT2D eigenvalue weighted by atomic mass is 9.99. The highest BCUT2D eigenvalue weighted by Crippen LogP contribution is 2.21. The van der Waals surface area contributed by atoms with Gasteiger partial charge in [-0.2, -0.15) is 0 Å². The molecule has 2 aromatic carbocycles. The molecular formula is C19H18BrNO4. The van der Waals surface area contributed by atoms with Crippen LogP contribution < -0.4 is 5.32 Å². The predicted molar refractivity (Wildman–Crippen MR) is 98.9 cm³/mol. The standard InChI is InChI=1S/C19H18BrNO4/c1-3-25-19(24)14-6-9-17(21-12(2)22)16(11-14)18(23)10-13-4-7-15(20)8-5-13/h4-9,11H,3,10H2,1-2H3,(H,21,22). The third kappa shape index (κ3) is 5.26. The van der Waals surface area contributed by atoms with Crippen molar-refractivity contribution in [3.05, 3.63) is 63.6 Å². The molecule has 1 N–H and O–H groups in total.